The summed E-state index contributed by atoms with van der Waals surface area (Å²) in [4.78, 5) is 40.5. The molecule has 0 spiro atoms. The number of nitrogens with zero attached hydrogens (tertiary/aromatic N) is 2. The second kappa shape index (κ2) is 4.93. The van der Waals surface area contributed by atoms with Gasteiger partial charge in [-0.3, -0.25) is 14.4 Å². The monoisotopic (exact) mass is 258 g/mol. The van der Waals surface area contributed by atoms with Crippen LogP contribution in [-0.2, 0) is 19.2 Å². The molecule has 1 aliphatic rings. The standard InChI is InChI=1S/C11H18N2O5/c1-11(2,3)18-10(16)13-7(6-8(13)14)9(15)12(4)17-5/h7H,6H2,1-5H3/t7-/m0/s1. The summed E-state index contributed by atoms with van der Waals surface area (Å²) >= 11 is 0. The largest absolute Gasteiger partial charge is 0.443 e. The van der Waals surface area contributed by atoms with E-state index < -0.39 is 29.6 Å². The van der Waals surface area contributed by atoms with E-state index in [1.807, 2.05) is 0 Å². The predicted molar refractivity (Wildman–Crippen MR) is 61.3 cm³/mol. The smallest absolute Gasteiger partial charge is 0.417 e. The minimum absolute atomic E-state index is 0.00816. The highest BCUT2D eigenvalue weighted by atomic mass is 16.7. The molecule has 3 amide bonds. The van der Waals surface area contributed by atoms with Gasteiger partial charge in [0.05, 0.1) is 13.5 Å². The Morgan fingerprint density at radius 2 is 1.94 bits per heavy atom. The van der Waals surface area contributed by atoms with Gasteiger partial charge in [-0.05, 0) is 20.8 Å². The number of ether oxygens (including phenoxy) is 1. The van der Waals surface area contributed by atoms with Crippen LogP contribution in [0.5, 0.6) is 0 Å². The molecule has 0 unspecified atom stereocenters. The Bertz CT molecular complexity index is 374. The fourth-order valence-corrected chi connectivity index (χ4v) is 1.45. The molecular weight excluding hydrogens is 240 g/mol. The number of carbonyl (C=O) groups is 3. The molecule has 1 heterocycles. The van der Waals surface area contributed by atoms with Gasteiger partial charge in [0.2, 0.25) is 5.91 Å². The number of rotatable bonds is 2. The Hall–Kier alpha value is -1.63. The molecule has 102 valence electrons. The number of β-lactam (4-membered cyclic amide) rings is 1. The van der Waals surface area contributed by atoms with Gasteiger partial charge in [0.25, 0.3) is 5.91 Å². The van der Waals surface area contributed by atoms with Gasteiger partial charge in [-0.1, -0.05) is 0 Å². The maximum absolute atomic E-state index is 11.8. The average molecular weight is 258 g/mol. The van der Waals surface area contributed by atoms with Crippen LogP contribution in [0.1, 0.15) is 27.2 Å². The molecule has 1 atom stereocenters. The maximum atomic E-state index is 11.8. The Kier molecular flexibility index (Phi) is 3.95. The van der Waals surface area contributed by atoms with Crippen LogP contribution < -0.4 is 0 Å². The van der Waals surface area contributed by atoms with E-state index in [2.05, 4.69) is 0 Å². The van der Waals surface area contributed by atoms with E-state index in [-0.39, 0.29) is 6.42 Å². The van der Waals surface area contributed by atoms with Crippen molar-refractivity contribution in [2.45, 2.75) is 38.8 Å². The lowest BCUT2D eigenvalue weighted by Crippen LogP contribution is -2.62. The van der Waals surface area contributed by atoms with Crippen LogP contribution in [0, 0.1) is 0 Å². The third-order valence-corrected chi connectivity index (χ3v) is 2.41. The summed E-state index contributed by atoms with van der Waals surface area (Å²) in [6.07, 6.45) is -0.812. The first-order chi connectivity index (χ1) is 8.17. The Morgan fingerprint density at radius 1 is 1.39 bits per heavy atom. The predicted octanol–water partition coefficient (Wildman–Crippen LogP) is 0.542. The van der Waals surface area contributed by atoms with Gasteiger partial charge in [0, 0.05) is 7.05 Å². The zero-order valence-electron chi connectivity index (χ0n) is 11.2. The van der Waals surface area contributed by atoms with Crippen LogP contribution in [0.25, 0.3) is 0 Å². The first kappa shape index (κ1) is 14.4. The summed E-state index contributed by atoms with van der Waals surface area (Å²) in [5.74, 6) is -0.880. The second-order valence-electron chi connectivity index (χ2n) is 4.98. The molecule has 7 nitrogen and oxygen atoms in total. The summed E-state index contributed by atoms with van der Waals surface area (Å²) in [6.45, 7) is 5.06. The van der Waals surface area contributed by atoms with Crippen LogP contribution in [0.3, 0.4) is 0 Å². The van der Waals surface area contributed by atoms with E-state index in [4.69, 9.17) is 9.57 Å². The summed E-state index contributed by atoms with van der Waals surface area (Å²) in [6, 6.07) is -0.836. The fraction of sp³-hybridized carbons (Fsp3) is 0.727. The Morgan fingerprint density at radius 3 is 2.33 bits per heavy atom. The van der Waals surface area contributed by atoms with E-state index in [0.717, 1.165) is 9.96 Å². The number of hydroxylamine groups is 2. The van der Waals surface area contributed by atoms with Gasteiger partial charge in [-0.15, -0.1) is 0 Å². The van der Waals surface area contributed by atoms with Crippen LogP contribution >= 0.6 is 0 Å². The van der Waals surface area contributed by atoms with Gasteiger partial charge >= 0.3 is 6.09 Å². The Labute approximate surface area is 106 Å². The summed E-state index contributed by atoms with van der Waals surface area (Å²) < 4.78 is 5.06. The minimum Gasteiger partial charge on any atom is -0.443 e. The maximum Gasteiger partial charge on any atom is 0.417 e. The third-order valence-electron chi connectivity index (χ3n) is 2.41. The average Bonchev–Trinajstić information content (AvgIpc) is 2.20. The quantitative estimate of drug-likeness (QED) is 0.534. The van der Waals surface area contributed by atoms with Crippen LogP contribution in [0.4, 0.5) is 4.79 Å². The van der Waals surface area contributed by atoms with Crippen LogP contribution in [0.2, 0.25) is 0 Å². The summed E-state index contributed by atoms with van der Waals surface area (Å²) in [5, 5.41) is 0.981. The minimum atomic E-state index is -0.836. The molecular formula is C11H18N2O5. The van der Waals surface area contributed by atoms with Crippen molar-refractivity contribution in [3.8, 4) is 0 Å². The number of carbonyl (C=O) groups excluding carboxylic acids is 3. The van der Waals surface area contributed by atoms with E-state index >= 15 is 0 Å². The highest BCUT2D eigenvalue weighted by molar-refractivity contribution is 6.05. The lowest BCUT2D eigenvalue weighted by Gasteiger charge is -2.38. The van der Waals surface area contributed by atoms with Crippen LogP contribution in [0.15, 0.2) is 0 Å². The van der Waals surface area contributed by atoms with Gasteiger partial charge in [0.1, 0.15) is 11.6 Å². The van der Waals surface area contributed by atoms with E-state index in [1.165, 1.54) is 14.2 Å². The van der Waals surface area contributed by atoms with Gasteiger partial charge < -0.3 is 4.74 Å². The molecule has 0 aromatic rings. The van der Waals surface area contributed by atoms with Gasteiger partial charge in [-0.2, -0.15) is 0 Å². The number of likely N-dealkylation sites (N-methyl/N-ethyl adjacent to an activating group) is 1. The topological polar surface area (TPSA) is 76.2 Å². The molecule has 1 saturated heterocycles. The lowest BCUT2D eigenvalue weighted by molar-refractivity contribution is -0.182. The first-order valence-electron chi connectivity index (χ1n) is 5.54. The molecule has 0 N–H and O–H groups in total. The highest BCUT2D eigenvalue weighted by Gasteiger charge is 2.48. The molecule has 1 rings (SSSR count). The van der Waals surface area contributed by atoms with E-state index in [0.29, 0.717) is 0 Å². The van der Waals surface area contributed by atoms with Crippen molar-refractivity contribution in [3.63, 3.8) is 0 Å². The first-order valence-corrected chi connectivity index (χ1v) is 5.54. The summed E-state index contributed by atoms with van der Waals surface area (Å²) in [5.41, 5.74) is -0.715. The SMILES string of the molecule is CON(C)C(=O)[C@@H]1CC(=O)N1C(=O)OC(C)(C)C. The number of hydrogen-bond donors (Lipinski definition) is 0. The molecule has 0 saturated carbocycles. The van der Waals surface area contributed by atoms with Gasteiger partial charge in [-0.25, -0.2) is 14.8 Å². The van der Waals surface area contributed by atoms with Crippen molar-refractivity contribution in [2.24, 2.45) is 0 Å². The van der Waals surface area contributed by atoms with Crippen molar-refractivity contribution in [3.05, 3.63) is 0 Å². The van der Waals surface area contributed by atoms with Crippen molar-refractivity contribution < 1.29 is 24.0 Å². The van der Waals surface area contributed by atoms with Crippen molar-refractivity contribution in [1.29, 1.82) is 0 Å². The molecule has 1 aliphatic heterocycles. The van der Waals surface area contributed by atoms with Crippen LogP contribution in [-0.4, -0.2) is 53.7 Å². The van der Waals surface area contributed by atoms with Gasteiger partial charge in [0.15, 0.2) is 0 Å². The highest BCUT2D eigenvalue weighted by Crippen LogP contribution is 2.24. The second-order valence-corrected chi connectivity index (χ2v) is 4.98. The number of amides is 3. The Balaban J connectivity index is 2.72. The fourth-order valence-electron chi connectivity index (χ4n) is 1.45. The zero-order chi connectivity index (χ0) is 14.1. The van der Waals surface area contributed by atoms with Crippen molar-refractivity contribution >= 4 is 17.9 Å². The molecule has 18 heavy (non-hydrogen) atoms. The number of likely N-dealkylation sites (tertiary alicyclic amines) is 1. The molecule has 0 bridgehead atoms. The molecule has 0 aromatic carbocycles. The molecule has 1 fully saturated rings. The lowest BCUT2D eigenvalue weighted by atomic mass is 10.0. The third kappa shape index (κ3) is 2.98. The summed E-state index contributed by atoms with van der Waals surface area (Å²) in [7, 11) is 2.74. The number of imide groups is 1. The zero-order valence-corrected chi connectivity index (χ0v) is 11.2. The molecule has 0 aliphatic carbocycles. The van der Waals surface area contributed by atoms with Crippen molar-refractivity contribution in [2.75, 3.05) is 14.2 Å². The molecule has 7 heteroatoms. The molecule has 0 aromatic heterocycles. The van der Waals surface area contributed by atoms with Crippen molar-refractivity contribution in [1.82, 2.24) is 9.96 Å². The number of hydrogen-bond acceptors (Lipinski definition) is 5. The normalized spacial score (nSPS) is 19.3. The molecule has 0 radical (unpaired) electrons. The van der Waals surface area contributed by atoms with E-state index in [9.17, 15) is 14.4 Å². The van der Waals surface area contributed by atoms with E-state index in [1.54, 1.807) is 20.8 Å².